The summed E-state index contributed by atoms with van der Waals surface area (Å²) >= 11 is 0. The lowest BCUT2D eigenvalue weighted by atomic mass is 10.0. The zero-order valence-electron chi connectivity index (χ0n) is 21.3. The lowest BCUT2D eigenvalue weighted by Gasteiger charge is -2.13. The van der Waals surface area contributed by atoms with E-state index in [-0.39, 0.29) is 23.8 Å². The van der Waals surface area contributed by atoms with Gasteiger partial charge in [0, 0.05) is 42.3 Å². The molecule has 4 rings (SSSR count). The van der Waals surface area contributed by atoms with E-state index >= 15 is 0 Å². The molecule has 0 saturated carbocycles. The monoisotopic (exact) mass is 534 g/mol. The number of nitrogens with one attached hydrogen (secondary N) is 2. The van der Waals surface area contributed by atoms with E-state index in [0.717, 1.165) is 5.56 Å². The highest BCUT2D eigenvalue weighted by Gasteiger charge is 2.20. The van der Waals surface area contributed by atoms with Gasteiger partial charge in [0.25, 0.3) is 5.91 Å². The van der Waals surface area contributed by atoms with E-state index in [1.165, 1.54) is 24.5 Å². The van der Waals surface area contributed by atoms with Crippen molar-refractivity contribution in [3.8, 4) is 29.4 Å². The number of aryl methyl sites for hydroxylation is 1. The first kappa shape index (κ1) is 27.5. The summed E-state index contributed by atoms with van der Waals surface area (Å²) in [5, 5.41) is 6.05. The van der Waals surface area contributed by atoms with Gasteiger partial charge in [-0.2, -0.15) is 4.39 Å². The molecule has 0 radical (unpaired) electrons. The lowest BCUT2D eigenvalue weighted by Crippen LogP contribution is -2.28. The van der Waals surface area contributed by atoms with Crippen LogP contribution in [0.1, 0.15) is 22.8 Å². The number of hydrogen-bond donors (Lipinski definition) is 3. The molecule has 0 spiro atoms. The molecule has 2 aromatic heterocycles. The lowest BCUT2D eigenvalue weighted by molar-refractivity contribution is 0.0919. The minimum atomic E-state index is -1.13. The molecule has 0 bridgehead atoms. The molecule has 11 heteroatoms. The largest absolute Gasteiger partial charge is 0.478 e. The average molecular weight is 535 g/mol. The Balaban J connectivity index is 1.56. The molecule has 2 aromatic carbocycles. The number of terminal acetylenes is 1. The van der Waals surface area contributed by atoms with Gasteiger partial charge in [0.05, 0.1) is 25.1 Å². The van der Waals surface area contributed by atoms with Gasteiger partial charge in [0.2, 0.25) is 5.82 Å². The number of anilines is 2. The van der Waals surface area contributed by atoms with Gasteiger partial charge >= 0.3 is 0 Å². The van der Waals surface area contributed by atoms with Crippen molar-refractivity contribution in [1.82, 2.24) is 19.7 Å². The van der Waals surface area contributed by atoms with Crippen molar-refractivity contribution in [2.45, 2.75) is 13.3 Å². The van der Waals surface area contributed by atoms with Crippen LogP contribution in [0, 0.1) is 24.0 Å². The highest BCUT2D eigenvalue weighted by atomic mass is 19.2. The van der Waals surface area contributed by atoms with Gasteiger partial charge in [-0.1, -0.05) is 12.8 Å². The Kier molecular flexibility index (Phi) is 9.04. The number of imidazole rings is 1. The number of fused-ring (bicyclic) bond motifs is 1. The molecule has 9 nitrogen and oxygen atoms in total. The zero-order valence-corrected chi connectivity index (χ0v) is 21.3. The van der Waals surface area contributed by atoms with E-state index < -0.39 is 11.6 Å². The predicted octanol–water partition coefficient (Wildman–Crippen LogP) is 3.70. The number of halogens is 2. The minimum Gasteiger partial charge on any atom is -0.478 e. The third kappa shape index (κ3) is 6.14. The van der Waals surface area contributed by atoms with Gasteiger partial charge in [0.15, 0.2) is 23.0 Å². The summed E-state index contributed by atoms with van der Waals surface area (Å²) in [5.74, 6) is -0.0618. The minimum absolute atomic E-state index is 0.00210. The second kappa shape index (κ2) is 12.8. The van der Waals surface area contributed by atoms with Crippen LogP contribution in [-0.2, 0) is 11.2 Å². The third-order valence-electron chi connectivity index (χ3n) is 5.85. The number of aromatic nitrogens is 3. The van der Waals surface area contributed by atoms with Crippen molar-refractivity contribution in [1.29, 1.82) is 0 Å². The van der Waals surface area contributed by atoms with Crippen LogP contribution in [0.3, 0.4) is 0 Å². The van der Waals surface area contributed by atoms with Crippen LogP contribution >= 0.6 is 0 Å². The maximum Gasteiger partial charge on any atom is 0.251 e. The normalized spacial score (nSPS) is 10.8. The fourth-order valence-electron chi connectivity index (χ4n) is 4.01. The second-order valence-electron chi connectivity index (χ2n) is 8.35. The number of amides is 1. The quantitative estimate of drug-likeness (QED) is 0.188. The molecule has 4 aromatic rings. The first-order valence-electron chi connectivity index (χ1n) is 12.3. The molecule has 0 fully saturated rings. The van der Waals surface area contributed by atoms with Gasteiger partial charge in [-0.25, -0.2) is 14.4 Å². The number of carbonyl (C=O) groups excluding carboxylic acids is 1. The molecule has 0 saturated heterocycles. The highest BCUT2D eigenvalue weighted by Crippen LogP contribution is 2.32. The second-order valence-corrected chi connectivity index (χ2v) is 8.35. The molecule has 0 aliphatic heterocycles. The third-order valence-corrected chi connectivity index (χ3v) is 5.85. The molecule has 4 N–H and O–H groups in total. The predicted molar refractivity (Wildman–Crippen MR) is 144 cm³/mol. The Morgan fingerprint density at radius 1 is 1.18 bits per heavy atom. The van der Waals surface area contributed by atoms with E-state index in [4.69, 9.17) is 21.6 Å². The Morgan fingerprint density at radius 2 is 2.03 bits per heavy atom. The Bertz CT molecular complexity index is 1520. The number of carbonyl (C=O) groups is 1. The number of ether oxygens (including phenoxy) is 2. The van der Waals surface area contributed by atoms with Gasteiger partial charge in [0.1, 0.15) is 6.61 Å². The van der Waals surface area contributed by atoms with Gasteiger partial charge in [-0.3, -0.25) is 9.20 Å². The van der Waals surface area contributed by atoms with Crippen molar-refractivity contribution < 1.29 is 23.0 Å². The molecule has 0 atom stereocenters. The Morgan fingerprint density at radius 3 is 2.79 bits per heavy atom. The molecule has 202 valence electrons. The fourth-order valence-corrected chi connectivity index (χ4v) is 4.01. The summed E-state index contributed by atoms with van der Waals surface area (Å²) in [6.45, 7) is 3.40. The molecule has 39 heavy (non-hydrogen) atoms. The van der Waals surface area contributed by atoms with Crippen LogP contribution in [0.25, 0.3) is 16.9 Å². The van der Waals surface area contributed by atoms with Crippen molar-refractivity contribution >= 4 is 23.1 Å². The highest BCUT2D eigenvalue weighted by molar-refractivity contribution is 5.96. The average Bonchev–Trinajstić information content (AvgIpc) is 3.38. The number of benzene rings is 2. The van der Waals surface area contributed by atoms with E-state index in [2.05, 4.69) is 26.5 Å². The molecule has 2 heterocycles. The molecular formula is C28H28F2N6O3. The van der Waals surface area contributed by atoms with E-state index in [1.807, 2.05) is 13.0 Å². The summed E-state index contributed by atoms with van der Waals surface area (Å²) in [6.07, 6.45) is 10.3. The van der Waals surface area contributed by atoms with Gasteiger partial charge < -0.3 is 25.8 Å². The van der Waals surface area contributed by atoms with Gasteiger partial charge in [-0.05, 0) is 42.3 Å². The van der Waals surface area contributed by atoms with Gasteiger partial charge in [-0.15, -0.1) is 6.42 Å². The summed E-state index contributed by atoms with van der Waals surface area (Å²) < 4.78 is 41.4. The summed E-state index contributed by atoms with van der Waals surface area (Å²) in [6, 6.07) is 8.08. The maximum absolute atomic E-state index is 14.9. The number of rotatable bonds is 12. The first-order valence-corrected chi connectivity index (χ1v) is 12.3. The molecule has 1 amide bonds. The fraction of sp³-hybridized carbons (Fsp3) is 0.250. The van der Waals surface area contributed by atoms with E-state index in [1.54, 1.807) is 22.7 Å². The SMILES string of the molecule is C#CCOc1ccc(-c2cnc3c(Nc4ccc(C(=O)NCCOCCN)c(CC)c4)nccn23)c(F)c1F. The van der Waals surface area contributed by atoms with E-state index in [9.17, 15) is 13.6 Å². The molecule has 0 aliphatic rings. The standard InChI is InChI=1S/C28H28F2N6O3/c1-3-13-39-23-8-7-21(24(29)25(23)30)22-17-34-27-26(32-10-12-36(22)27)35-19-5-6-20(18(4-2)16-19)28(37)33-11-15-38-14-9-31/h1,5-8,10,12,16-17H,4,9,11,13-15,31H2,2H3,(H,32,35)(H,33,37). The number of nitrogens with two attached hydrogens (primary N) is 1. The Labute approximate surface area is 224 Å². The van der Waals surface area contributed by atoms with Crippen molar-refractivity contribution in [2.24, 2.45) is 5.73 Å². The van der Waals surface area contributed by atoms with Crippen molar-refractivity contribution in [3.05, 3.63) is 71.7 Å². The van der Waals surface area contributed by atoms with Crippen LogP contribution in [0.5, 0.6) is 5.75 Å². The van der Waals surface area contributed by atoms with Crippen LogP contribution in [0.4, 0.5) is 20.3 Å². The first-order chi connectivity index (χ1) is 19.0. The molecule has 0 unspecified atom stereocenters. The van der Waals surface area contributed by atoms with Crippen LogP contribution < -0.4 is 21.1 Å². The van der Waals surface area contributed by atoms with Crippen LogP contribution in [-0.4, -0.2) is 53.2 Å². The topological polar surface area (TPSA) is 116 Å². The zero-order chi connectivity index (χ0) is 27.8. The number of hydrogen-bond acceptors (Lipinski definition) is 7. The smallest absolute Gasteiger partial charge is 0.251 e. The van der Waals surface area contributed by atoms with Crippen LogP contribution in [0.2, 0.25) is 0 Å². The van der Waals surface area contributed by atoms with E-state index in [0.29, 0.717) is 61.1 Å². The van der Waals surface area contributed by atoms with Crippen molar-refractivity contribution in [3.63, 3.8) is 0 Å². The molecule has 0 aliphatic carbocycles. The van der Waals surface area contributed by atoms with Crippen molar-refractivity contribution in [2.75, 3.05) is 38.2 Å². The number of nitrogens with zero attached hydrogens (tertiary/aromatic N) is 3. The summed E-state index contributed by atoms with van der Waals surface area (Å²) in [4.78, 5) is 21.4. The molecular weight excluding hydrogens is 506 g/mol. The summed E-state index contributed by atoms with van der Waals surface area (Å²) in [7, 11) is 0. The summed E-state index contributed by atoms with van der Waals surface area (Å²) in [5.41, 5.74) is 8.20. The van der Waals surface area contributed by atoms with Crippen LogP contribution in [0.15, 0.2) is 48.9 Å². The maximum atomic E-state index is 14.9. The Hall–Kier alpha value is -4.53.